The number of aromatic nitrogens is 2. The molecule has 2 aromatic carbocycles. The number of rotatable bonds is 6. The zero-order valence-electron chi connectivity index (χ0n) is 17.9. The number of hydrogen-bond acceptors (Lipinski definition) is 5. The summed E-state index contributed by atoms with van der Waals surface area (Å²) in [5.41, 5.74) is 4.19. The van der Waals surface area contributed by atoms with Crippen molar-refractivity contribution in [2.24, 2.45) is 0 Å². The lowest BCUT2D eigenvalue weighted by atomic mass is 10.0. The lowest BCUT2D eigenvalue weighted by molar-refractivity contribution is 0.102. The van der Waals surface area contributed by atoms with Crippen LogP contribution in [0.3, 0.4) is 0 Å². The molecule has 0 spiro atoms. The minimum Gasteiger partial charge on any atom is -0.382 e. The summed E-state index contributed by atoms with van der Waals surface area (Å²) < 4.78 is 0. The summed E-state index contributed by atoms with van der Waals surface area (Å²) in [5.74, 6) is 0.475. The molecule has 0 aliphatic rings. The Kier molecular flexibility index (Phi) is 6.24. The number of aliphatic hydroxyl groups is 1. The number of aliphatic hydroxyl groups excluding tert-OH is 1. The molecule has 0 bridgehead atoms. The first-order valence-electron chi connectivity index (χ1n) is 10.3. The third-order valence-electron chi connectivity index (χ3n) is 5.29. The first-order chi connectivity index (χ1) is 15.5. The number of hydrogen-bond donors (Lipinski definition) is 2. The molecule has 160 valence electrons. The number of aryl methyl sites for hydroxylation is 1. The molecular weight excluding hydrogens is 400 g/mol. The second-order valence-corrected chi connectivity index (χ2v) is 7.49. The van der Waals surface area contributed by atoms with Crippen molar-refractivity contribution in [3.05, 3.63) is 114 Å². The maximum atomic E-state index is 12.8. The fourth-order valence-electron chi connectivity index (χ4n) is 3.35. The van der Waals surface area contributed by atoms with Crippen LogP contribution in [0, 0.1) is 6.92 Å². The Morgan fingerprint density at radius 1 is 0.969 bits per heavy atom. The van der Waals surface area contributed by atoms with Gasteiger partial charge in [-0.2, -0.15) is 0 Å². The van der Waals surface area contributed by atoms with Crippen LogP contribution in [0.1, 0.15) is 33.3 Å². The Hall–Kier alpha value is -4.03. The second kappa shape index (κ2) is 9.41. The molecule has 2 heterocycles. The van der Waals surface area contributed by atoms with Gasteiger partial charge in [0.2, 0.25) is 0 Å². The van der Waals surface area contributed by atoms with E-state index in [1.54, 1.807) is 36.7 Å². The van der Waals surface area contributed by atoms with Crippen LogP contribution in [0.15, 0.2) is 91.3 Å². The highest BCUT2D eigenvalue weighted by Crippen LogP contribution is 2.26. The second-order valence-electron chi connectivity index (χ2n) is 7.49. The monoisotopic (exact) mass is 424 g/mol. The van der Waals surface area contributed by atoms with E-state index in [1.807, 2.05) is 73.5 Å². The largest absolute Gasteiger partial charge is 0.382 e. The molecule has 2 N–H and O–H groups in total. The van der Waals surface area contributed by atoms with Crippen LogP contribution < -0.4 is 10.2 Å². The highest BCUT2D eigenvalue weighted by atomic mass is 16.3. The highest BCUT2D eigenvalue weighted by Gasteiger charge is 2.15. The number of anilines is 3. The van der Waals surface area contributed by atoms with E-state index in [0.717, 1.165) is 17.1 Å². The first-order valence-corrected chi connectivity index (χ1v) is 10.3. The fourth-order valence-corrected chi connectivity index (χ4v) is 3.35. The molecule has 0 aliphatic heterocycles. The van der Waals surface area contributed by atoms with Gasteiger partial charge in [0.15, 0.2) is 0 Å². The Bertz CT molecular complexity index is 1200. The van der Waals surface area contributed by atoms with Gasteiger partial charge in [-0.1, -0.05) is 36.4 Å². The van der Waals surface area contributed by atoms with Gasteiger partial charge in [-0.15, -0.1) is 0 Å². The van der Waals surface area contributed by atoms with Crippen LogP contribution in [0.25, 0.3) is 0 Å². The van der Waals surface area contributed by atoms with Crippen LogP contribution in [0.4, 0.5) is 17.2 Å². The predicted octanol–water partition coefficient (Wildman–Crippen LogP) is 4.89. The third-order valence-corrected chi connectivity index (χ3v) is 5.29. The number of para-hydroxylation sites is 1. The van der Waals surface area contributed by atoms with E-state index in [0.29, 0.717) is 22.5 Å². The average molecular weight is 425 g/mol. The smallest absolute Gasteiger partial charge is 0.257 e. The molecule has 1 amide bonds. The zero-order chi connectivity index (χ0) is 22.5. The standard InChI is InChI=1S/C26H24N4O2/c1-18-11-12-19(25(31)22-10-6-7-15-27-22)16-23(18)29-26(32)20-13-14-24(28-17-20)30(2)21-8-4-3-5-9-21/h3-17,25,31H,1-2H3,(H,29,32). The minimum atomic E-state index is -0.873. The van der Waals surface area contributed by atoms with Crippen LogP contribution in [-0.2, 0) is 0 Å². The number of pyridine rings is 2. The number of benzene rings is 2. The van der Waals surface area contributed by atoms with Crippen LogP contribution in [0.5, 0.6) is 0 Å². The van der Waals surface area contributed by atoms with E-state index < -0.39 is 6.10 Å². The van der Waals surface area contributed by atoms with Gasteiger partial charge in [-0.25, -0.2) is 4.98 Å². The van der Waals surface area contributed by atoms with Crippen molar-refractivity contribution in [2.45, 2.75) is 13.0 Å². The lowest BCUT2D eigenvalue weighted by Gasteiger charge is -2.18. The number of nitrogens with zero attached hydrogens (tertiary/aromatic N) is 3. The minimum absolute atomic E-state index is 0.265. The molecule has 4 rings (SSSR count). The molecule has 1 atom stereocenters. The first kappa shape index (κ1) is 21.2. The summed E-state index contributed by atoms with van der Waals surface area (Å²) >= 11 is 0. The summed E-state index contributed by atoms with van der Waals surface area (Å²) in [6, 6.07) is 24.3. The summed E-state index contributed by atoms with van der Waals surface area (Å²) in [6.45, 7) is 1.91. The Labute approximate surface area is 187 Å². The van der Waals surface area contributed by atoms with Gasteiger partial charge in [-0.05, 0) is 60.5 Å². The van der Waals surface area contributed by atoms with Crippen molar-refractivity contribution in [3.63, 3.8) is 0 Å². The topological polar surface area (TPSA) is 78.4 Å². The normalized spacial score (nSPS) is 11.6. The third kappa shape index (κ3) is 4.66. The highest BCUT2D eigenvalue weighted by molar-refractivity contribution is 6.04. The zero-order valence-corrected chi connectivity index (χ0v) is 17.9. The maximum absolute atomic E-state index is 12.8. The van der Waals surface area contributed by atoms with Gasteiger partial charge in [0, 0.05) is 30.8 Å². The molecule has 32 heavy (non-hydrogen) atoms. The SMILES string of the molecule is Cc1ccc(C(O)c2ccccn2)cc1NC(=O)c1ccc(N(C)c2ccccc2)nc1. The summed E-state index contributed by atoms with van der Waals surface area (Å²) in [4.78, 5) is 23.4. The molecule has 4 aromatic rings. The molecular formula is C26H24N4O2. The molecule has 6 heteroatoms. The van der Waals surface area contributed by atoms with Crippen molar-refractivity contribution in [3.8, 4) is 0 Å². The molecule has 6 nitrogen and oxygen atoms in total. The van der Waals surface area contributed by atoms with E-state index in [2.05, 4.69) is 15.3 Å². The summed E-state index contributed by atoms with van der Waals surface area (Å²) in [6.07, 6.45) is 2.33. The summed E-state index contributed by atoms with van der Waals surface area (Å²) in [5, 5.41) is 13.6. The maximum Gasteiger partial charge on any atom is 0.257 e. The van der Waals surface area contributed by atoms with Gasteiger partial charge in [0.25, 0.3) is 5.91 Å². The Morgan fingerprint density at radius 3 is 2.44 bits per heavy atom. The molecule has 1 unspecified atom stereocenters. The molecule has 0 fully saturated rings. The number of carbonyl (C=O) groups is 1. The molecule has 0 radical (unpaired) electrons. The van der Waals surface area contributed by atoms with E-state index in [-0.39, 0.29) is 5.91 Å². The van der Waals surface area contributed by atoms with Crippen LogP contribution in [0.2, 0.25) is 0 Å². The van der Waals surface area contributed by atoms with Crippen LogP contribution in [-0.4, -0.2) is 28.0 Å². The van der Waals surface area contributed by atoms with E-state index in [1.165, 1.54) is 0 Å². The van der Waals surface area contributed by atoms with Gasteiger partial charge in [-0.3, -0.25) is 9.78 Å². The van der Waals surface area contributed by atoms with Crippen molar-refractivity contribution in [2.75, 3.05) is 17.3 Å². The van der Waals surface area contributed by atoms with Crippen molar-refractivity contribution in [1.29, 1.82) is 0 Å². The lowest BCUT2D eigenvalue weighted by Crippen LogP contribution is -2.15. The van der Waals surface area contributed by atoms with Crippen molar-refractivity contribution >= 4 is 23.1 Å². The Balaban J connectivity index is 1.50. The van der Waals surface area contributed by atoms with Gasteiger partial charge >= 0.3 is 0 Å². The van der Waals surface area contributed by atoms with Crippen molar-refractivity contribution in [1.82, 2.24) is 9.97 Å². The van der Waals surface area contributed by atoms with Gasteiger partial charge in [0.05, 0.1) is 11.3 Å². The molecule has 0 aliphatic carbocycles. The number of carbonyl (C=O) groups excluding carboxylic acids is 1. The molecule has 0 saturated carbocycles. The van der Waals surface area contributed by atoms with Gasteiger partial charge in [0.1, 0.15) is 11.9 Å². The van der Waals surface area contributed by atoms with E-state index in [9.17, 15) is 9.90 Å². The van der Waals surface area contributed by atoms with E-state index >= 15 is 0 Å². The Morgan fingerprint density at radius 2 is 1.75 bits per heavy atom. The van der Waals surface area contributed by atoms with Crippen LogP contribution >= 0.6 is 0 Å². The average Bonchev–Trinajstić information content (AvgIpc) is 2.85. The van der Waals surface area contributed by atoms with Gasteiger partial charge < -0.3 is 15.3 Å². The van der Waals surface area contributed by atoms with E-state index in [4.69, 9.17) is 0 Å². The fraction of sp³-hybridized carbons (Fsp3) is 0.115. The predicted molar refractivity (Wildman–Crippen MR) is 126 cm³/mol. The number of amides is 1. The number of nitrogens with one attached hydrogen (secondary N) is 1. The van der Waals surface area contributed by atoms with Crippen molar-refractivity contribution < 1.29 is 9.90 Å². The molecule has 2 aromatic heterocycles. The summed E-state index contributed by atoms with van der Waals surface area (Å²) in [7, 11) is 1.93. The molecule has 0 saturated heterocycles. The quantitative estimate of drug-likeness (QED) is 0.461.